The monoisotopic (exact) mass is 341 g/mol. The molecule has 0 aromatic heterocycles. The molecule has 0 saturated carbocycles. The van der Waals surface area contributed by atoms with E-state index in [1.807, 2.05) is 0 Å². The van der Waals surface area contributed by atoms with Crippen LogP contribution in [0.15, 0.2) is 18.2 Å². The number of nitriles is 1. The number of carbonyl (C=O) groups is 1. The molecule has 1 aromatic carbocycles. The number of ether oxygens (including phenoxy) is 1. The van der Waals surface area contributed by atoms with Gasteiger partial charge < -0.3 is 4.74 Å². The topological polar surface area (TPSA) is 104 Å². The molecule has 1 aromatic rings. The Kier molecular flexibility index (Phi) is 5.10. The lowest BCUT2D eigenvalue weighted by Gasteiger charge is -2.19. The first-order valence-electron chi connectivity index (χ1n) is 5.36. The number of hydrogen-bond acceptors (Lipinski definition) is 5. The second-order valence-corrected chi connectivity index (χ2v) is 5.49. The minimum atomic E-state index is -5.25. The standard InChI is InChI=1S/C11H7F4NO5S/c12-8-3-6(1-2-7(8)4-16)10(17)21-9(11(13,14)15)5-22(18,19)20/h1-3,9H,5H2,(H,18,19,20). The van der Waals surface area contributed by atoms with Crippen LogP contribution in [0.25, 0.3) is 0 Å². The summed E-state index contributed by atoms with van der Waals surface area (Å²) < 4.78 is 84.3. The summed E-state index contributed by atoms with van der Waals surface area (Å²) in [6.07, 6.45) is -8.37. The van der Waals surface area contributed by atoms with Crippen molar-refractivity contribution in [3.63, 3.8) is 0 Å². The average molecular weight is 341 g/mol. The van der Waals surface area contributed by atoms with Crippen LogP contribution in [0.2, 0.25) is 0 Å². The van der Waals surface area contributed by atoms with Crippen molar-refractivity contribution in [3.8, 4) is 6.07 Å². The van der Waals surface area contributed by atoms with Gasteiger partial charge in [0.2, 0.25) is 6.10 Å². The van der Waals surface area contributed by atoms with E-state index in [1.54, 1.807) is 0 Å². The van der Waals surface area contributed by atoms with E-state index in [-0.39, 0.29) is 0 Å². The maximum absolute atomic E-state index is 13.3. The zero-order valence-corrected chi connectivity index (χ0v) is 11.3. The van der Waals surface area contributed by atoms with E-state index in [0.29, 0.717) is 6.07 Å². The fraction of sp³-hybridized carbons (Fsp3) is 0.273. The Bertz CT molecular complexity index is 723. The van der Waals surface area contributed by atoms with Crippen LogP contribution in [0.4, 0.5) is 17.6 Å². The Morgan fingerprint density at radius 2 is 2.00 bits per heavy atom. The van der Waals surface area contributed by atoms with E-state index in [4.69, 9.17) is 9.81 Å². The van der Waals surface area contributed by atoms with Crippen molar-refractivity contribution in [3.05, 3.63) is 35.1 Å². The van der Waals surface area contributed by atoms with Crippen LogP contribution in [0.3, 0.4) is 0 Å². The van der Waals surface area contributed by atoms with Crippen LogP contribution >= 0.6 is 0 Å². The van der Waals surface area contributed by atoms with Crippen LogP contribution in [-0.2, 0) is 14.9 Å². The SMILES string of the molecule is N#Cc1ccc(C(=O)OC(CS(=O)(=O)O)C(F)(F)F)cc1F. The lowest BCUT2D eigenvalue weighted by Crippen LogP contribution is -2.39. The number of esters is 1. The number of hydrogen-bond donors (Lipinski definition) is 1. The van der Waals surface area contributed by atoms with Crippen LogP contribution < -0.4 is 0 Å². The van der Waals surface area contributed by atoms with Gasteiger partial charge in [0.1, 0.15) is 17.6 Å². The lowest BCUT2D eigenvalue weighted by atomic mass is 10.1. The van der Waals surface area contributed by atoms with Crippen molar-refractivity contribution in [2.75, 3.05) is 5.75 Å². The van der Waals surface area contributed by atoms with Gasteiger partial charge in [0, 0.05) is 0 Å². The highest BCUT2D eigenvalue weighted by atomic mass is 32.2. The van der Waals surface area contributed by atoms with Crippen LogP contribution in [0.1, 0.15) is 15.9 Å². The van der Waals surface area contributed by atoms with Gasteiger partial charge in [0.25, 0.3) is 10.1 Å². The fourth-order valence-corrected chi connectivity index (χ4v) is 1.96. The van der Waals surface area contributed by atoms with Crippen molar-refractivity contribution in [1.82, 2.24) is 0 Å². The summed E-state index contributed by atoms with van der Waals surface area (Å²) in [6.45, 7) is 0. The maximum atomic E-state index is 13.3. The zero-order chi connectivity index (χ0) is 17.1. The third kappa shape index (κ3) is 4.97. The first-order valence-corrected chi connectivity index (χ1v) is 6.97. The van der Waals surface area contributed by atoms with E-state index >= 15 is 0 Å². The molecule has 0 fully saturated rings. The minimum absolute atomic E-state index is 0.443. The maximum Gasteiger partial charge on any atom is 0.426 e. The first-order chi connectivity index (χ1) is 9.94. The molecule has 120 valence electrons. The molecule has 6 nitrogen and oxygen atoms in total. The molecule has 0 bridgehead atoms. The summed E-state index contributed by atoms with van der Waals surface area (Å²) >= 11 is 0. The molecule has 0 saturated heterocycles. The molecular formula is C11H7F4NO5S. The smallest absolute Gasteiger partial charge is 0.426 e. The number of rotatable bonds is 4. The minimum Gasteiger partial charge on any atom is -0.448 e. The Morgan fingerprint density at radius 3 is 2.41 bits per heavy atom. The highest BCUT2D eigenvalue weighted by Gasteiger charge is 2.45. The van der Waals surface area contributed by atoms with Crippen LogP contribution in [0.5, 0.6) is 0 Å². The fourth-order valence-electron chi connectivity index (χ4n) is 1.32. The summed E-state index contributed by atoms with van der Waals surface area (Å²) in [5.41, 5.74) is -1.09. The largest absolute Gasteiger partial charge is 0.448 e. The van der Waals surface area contributed by atoms with Crippen LogP contribution in [-0.4, -0.2) is 37.0 Å². The van der Waals surface area contributed by atoms with E-state index < -0.39 is 51.1 Å². The van der Waals surface area contributed by atoms with E-state index in [9.17, 15) is 30.8 Å². The third-order valence-electron chi connectivity index (χ3n) is 2.30. The normalized spacial score (nSPS) is 13.3. The van der Waals surface area contributed by atoms with Crippen LogP contribution in [0, 0.1) is 17.1 Å². The van der Waals surface area contributed by atoms with Gasteiger partial charge in [-0.15, -0.1) is 0 Å². The number of benzene rings is 1. The predicted octanol–water partition coefficient (Wildman–Crippen LogP) is 1.67. The quantitative estimate of drug-likeness (QED) is 0.507. The van der Waals surface area contributed by atoms with Gasteiger partial charge in [0.15, 0.2) is 0 Å². The van der Waals surface area contributed by atoms with Crippen molar-refractivity contribution >= 4 is 16.1 Å². The van der Waals surface area contributed by atoms with Gasteiger partial charge in [-0.3, -0.25) is 4.55 Å². The summed E-state index contributed by atoms with van der Waals surface area (Å²) in [4.78, 5) is 11.5. The molecule has 1 rings (SSSR count). The van der Waals surface area contributed by atoms with E-state index in [0.717, 1.165) is 12.1 Å². The van der Waals surface area contributed by atoms with Gasteiger partial charge in [-0.1, -0.05) is 0 Å². The highest BCUT2D eigenvalue weighted by Crippen LogP contribution is 2.25. The molecule has 1 N–H and O–H groups in total. The second-order valence-electron chi connectivity index (χ2n) is 3.99. The molecule has 11 heteroatoms. The van der Waals surface area contributed by atoms with Crippen molar-refractivity contribution < 1.29 is 40.1 Å². The molecule has 0 aliphatic heterocycles. The van der Waals surface area contributed by atoms with Gasteiger partial charge in [0.05, 0.1) is 11.1 Å². The number of nitrogens with zero attached hydrogens (tertiary/aromatic N) is 1. The highest BCUT2D eigenvalue weighted by molar-refractivity contribution is 7.85. The van der Waals surface area contributed by atoms with Crippen molar-refractivity contribution in [2.24, 2.45) is 0 Å². The molecule has 1 atom stereocenters. The number of alkyl halides is 3. The molecule has 0 aliphatic rings. The Morgan fingerprint density at radius 1 is 1.41 bits per heavy atom. The molecule has 22 heavy (non-hydrogen) atoms. The summed E-state index contributed by atoms with van der Waals surface area (Å²) in [6, 6.07) is 3.59. The first kappa shape index (κ1) is 17.9. The van der Waals surface area contributed by atoms with Gasteiger partial charge in [-0.2, -0.15) is 26.9 Å². The van der Waals surface area contributed by atoms with Crippen molar-refractivity contribution in [2.45, 2.75) is 12.3 Å². The van der Waals surface area contributed by atoms with Crippen molar-refractivity contribution in [1.29, 1.82) is 5.26 Å². The Balaban J connectivity index is 3.02. The Labute approximate surface area is 121 Å². The molecular weight excluding hydrogens is 334 g/mol. The molecule has 0 aliphatic carbocycles. The lowest BCUT2D eigenvalue weighted by molar-refractivity contribution is -0.197. The molecule has 0 amide bonds. The number of carbonyl (C=O) groups excluding carboxylic acids is 1. The molecule has 1 unspecified atom stereocenters. The summed E-state index contributed by atoms with van der Waals surface area (Å²) in [7, 11) is -5.07. The van der Waals surface area contributed by atoms with Gasteiger partial charge >= 0.3 is 12.1 Å². The van der Waals surface area contributed by atoms with E-state index in [1.165, 1.54) is 6.07 Å². The predicted molar refractivity (Wildman–Crippen MR) is 62.8 cm³/mol. The molecule has 0 radical (unpaired) electrons. The zero-order valence-electron chi connectivity index (χ0n) is 10.5. The van der Waals surface area contributed by atoms with Gasteiger partial charge in [-0.25, -0.2) is 9.18 Å². The summed E-state index contributed by atoms with van der Waals surface area (Å²) in [5.74, 6) is -4.70. The average Bonchev–Trinajstić information content (AvgIpc) is 2.35. The van der Waals surface area contributed by atoms with Gasteiger partial charge in [-0.05, 0) is 18.2 Å². The summed E-state index contributed by atoms with van der Waals surface area (Å²) in [5, 5.41) is 8.48. The second kappa shape index (κ2) is 6.29. The Hall–Kier alpha value is -2.19. The third-order valence-corrected chi connectivity index (χ3v) is 3.03. The van der Waals surface area contributed by atoms with E-state index in [2.05, 4.69) is 4.74 Å². The molecule has 0 spiro atoms. The molecule has 0 heterocycles. The number of halogens is 4.